The number of para-hydroxylation sites is 2. The van der Waals surface area contributed by atoms with E-state index in [2.05, 4.69) is 76.5 Å². The molecule has 0 amide bonds. The Hall–Kier alpha value is -2.98. The zero-order valence-corrected chi connectivity index (χ0v) is 17.8. The lowest BCUT2D eigenvalue weighted by Crippen LogP contribution is -2.48. The maximum absolute atomic E-state index is 5.57. The quantitative estimate of drug-likeness (QED) is 0.566. The molecular weight excluding hydrogens is 372 g/mol. The minimum Gasteiger partial charge on any atom is -0.497 e. The van der Waals surface area contributed by atoms with Crippen molar-refractivity contribution in [3.63, 3.8) is 0 Å². The van der Waals surface area contributed by atoms with Crippen LogP contribution in [0.5, 0.6) is 11.5 Å². The summed E-state index contributed by atoms with van der Waals surface area (Å²) in [5.74, 6) is 1.85. The fourth-order valence-electron chi connectivity index (χ4n) is 4.28. The van der Waals surface area contributed by atoms with Crippen molar-refractivity contribution in [2.24, 2.45) is 0 Å². The summed E-state index contributed by atoms with van der Waals surface area (Å²) in [6, 6.07) is 28.0. The largest absolute Gasteiger partial charge is 0.497 e. The second-order valence-corrected chi connectivity index (χ2v) is 7.67. The van der Waals surface area contributed by atoms with Crippen molar-refractivity contribution >= 4 is 5.69 Å². The molecule has 0 spiro atoms. The summed E-state index contributed by atoms with van der Waals surface area (Å²) >= 11 is 0. The first-order valence-corrected chi connectivity index (χ1v) is 10.6. The van der Waals surface area contributed by atoms with Crippen LogP contribution in [-0.4, -0.2) is 45.3 Å². The van der Waals surface area contributed by atoms with E-state index in [1.54, 1.807) is 14.2 Å². The Balaban J connectivity index is 1.50. The van der Waals surface area contributed by atoms with E-state index in [0.717, 1.165) is 44.1 Å². The monoisotopic (exact) mass is 402 g/mol. The molecule has 156 valence electrons. The molecule has 3 aromatic rings. The molecule has 30 heavy (non-hydrogen) atoms. The van der Waals surface area contributed by atoms with Gasteiger partial charge in [-0.15, -0.1) is 0 Å². The number of hydrogen-bond donors (Lipinski definition) is 0. The summed E-state index contributed by atoms with van der Waals surface area (Å²) in [5, 5.41) is 0. The third-order valence-electron chi connectivity index (χ3n) is 5.95. The standard InChI is InChI=1S/C26H30N2O2/c1-29-23-14-12-21(13-15-23)20-25(22-8-4-3-5-9-22)28-18-16-27(17-19-28)24-10-6-7-11-26(24)30-2/h3-15,25H,16-20H2,1-2H3. The first-order valence-electron chi connectivity index (χ1n) is 10.6. The molecule has 0 aromatic heterocycles. The van der Waals surface area contributed by atoms with Gasteiger partial charge in [0.25, 0.3) is 0 Å². The van der Waals surface area contributed by atoms with Crippen molar-refractivity contribution < 1.29 is 9.47 Å². The van der Waals surface area contributed by atoms with Crippen LogP contribution in [0.4, 0.5) is 5.69 Å². The molecule has 1 aliphatic rings. The lowest BCUT2D eigenvalue weighted by atomic mass is 9.96. The van der Waals surface area contributed by atoms with Gasteiger partial charge in [0, 0.05) is 32.2 Å². The lowest BCUT2D eigenvalue weighted by Gasteiger charge is -2.41. The zero-order valence-electron chi connectivity index (χ0n) is 17.8. The molecule has 1 aliphatic heterocycles. The van der Waals surface area contributed by atoms with Gasteiger partial charge in [0.05, 0.1) is 19.9 Å². The molecule has 1 atom stereocenters. The average Bonchev–Trinajstić information content (AvgIpc) is 2.83. The van der Waals surface area contributed by atoms with Crippen LogP contribution in [0, 0.1) is 0 Å². The Morgan fingerprint density at radius 3 is 2.07 bits per heavy atom. The highest BCUT2D eigenvalue weighted by Gasteiger charge is 2.26. The Labute approximate surface area is 179 Å². The molecule has 1 heterocycles. The maximum Gasteiger partial charge on any atom is 0.142 e. The number of benzene rings is 3. The Kier molecular flexibility index (Phi) is 6.55. The Bertz CT molecular complexity index is 919. The predicted octanol–water partition coefficient (Wildman–Crippen LogP) is 4.81. The molecule has 4 heteroatoms. The average molecular weight is 403 g/mol. The summed E-state index contributed by atoms with van der Waals surface area (Å²) in [5.41, 5.74) is 3.89. The van der Waals surface area contributed by atoms with Gasteiger partial charge < -0.3 is 14.4 Å². The molecule has 0 saturated carbocycles. The van der Waals surface area contributed by atoms with E-state index in [0.29, 0.717) is 6.04 Å². The van der Waals surface area contributed by atoms with Gasteiger partial charge in [-0.05, 0) is 41.8 Å². The van der Waals surface area contributed by atoms with E-state index in [1.807, 2.05) is 12.1 Å². The van der Waals surface area contributed by atoms with Crippen LogP contribution in [-0.2, 0) is 6.42 Å². The van der Waals surface area contributed by atoms with Gasteiger partial charge in [0.15, 0.2) is 0 Å². The van der Waals surface area contributed by atoms with Gasteiger partial charge in [0.2, 0.25) is 0 Å². The smallest absolute Gasteiger partial charge is 0.142 e. The highest BCUT2D eigenvalue weighted by molar-refractivity contribution is 5.58. The van der Waals surface area contributed by atoms with E-state index < -0.39 is 0 Å². The summed E-state index contributed by atoms with van der Waals surface area (Å²) in [6.07, 6.45) is 0.989. The second kappa shape index (κ2) is 9.68. The van der Waals surface area contributed by atoms with Gasteiger partial charge in [0.1, 0.15) is 11.5 Å². The summed E-state index contributed by atoms with van der Waals surface area (Å²) in [4.78, 5) is 5.05. The van der Waals surface area contributed by atoms with Crippen LogP contribution in [0.1, 0.15) is 17.2 Å². The van der Waals surface area contributed by atoms with Gasteiger partial charge >= 0.3 is 0 Å². The third kappa shape index (κ3) is 4.60. The van der Waals surface area contributed by atoms with Gasteiger partial charge in [-0.3, -0.25) is 4.90 Å². The number of ether oxygens (including phenoxy) is 2. The third-order valence-corrected chi connectivity index (χ3v) is 5.95. The molecule has 1 unspecified atom stereocenters. The van der Waals surface area contributed by atoms with Gasteiger partial charge in [-0.2, -0.15) is 0 Å². The van der Waals surface area contributed by atoms with Crippen molar-refractivity contribution in [1.29, 1.82) is 0 Å². The number of piperazine rings is 1. The Morgan fingerprint density at radius 2 is 1.40 bits per heavy atom. The van der Waals surface area contributed by atoms with Crippen LogP contribution >= 0.6 is 0 Å². The maximum atomic E-state index is 5.57. The molecule has 1 fully saturated rings. The second-order valence-electron chi connectivity index (χ2n) is 7.67. The molecule has 1 saturated heterocycles. The summed E-state index contributed by atoms with van der Waals surface area (Å²) in [7, 11) is 3.46. The van der Waals surface area contributed by atoms with Crippen molar-refractivity contribution in [2.75, 3.05) is 45.3 Å². The van der Waals surface area contributed by atoms with Crippen LogP contribution < -0.4 is 14.4 Å². The Morgan fingerprint density at radius 1 is 0.733 bits per heavy atom. The molecule has 0 bridgehead atoms. The highest BCUT2D eigenvalue weighted by Crippen LogP contribution is 2.31. The first kappa shape index (κ1) is 20.3. The molecule has 3 aromatic carbocycles. The topological polar surface area (TPSA) is 24.9 Å². The molecule has 0 radical (unpaired) electrons. The molecule has 0 aliphatic carbocycles. The van der Waals surface area contributed by atoms with E-state index >= 15 is 0 Å². The van der Waals surface area contributed by atoms with E-state index in [-0.39, 0.29) is 0 Å². The molecule has 4 nitrogen and oxygen atoms in total. The fourth-order valence-corrected chi connectivity index (χ4v) is 4.28. The van der Waals surface area contributed by atoms with E-state index in [1.165, 1.54) is 16.8 Å². The van der Waals surface area contributed by atoms with Crippen LogP contribution in [0.25, 0.3) is 0 Å². The lowest BCUT2D eigenvalue weighted by molar-refractivity contribution is 0.184. The number of rotatable bonds is 7. The minimum absolute atomic E-state index is 0.361. The van der Waals surface area contributed by atoms with Gasteiger partial charge in [-0.1, -0.05) is 54.6 Å². The number of methoxy groups -OCH3 is 2. The van der Waals surface area contributed by atoms with Gasteiger partial charge in [-0.25, -0.2) is 0 Å². The highest BCUT2D eigenvalue weighted by atomic mass is 16.5. The van der Waals surface area contributed by atoms with Crippen LogP contribution in [0.15, 0.2) is 78.9 Å². The number of nitrogens with zero attached hydrogens (tertiary/aromatic N) is 2. The fraction of sp³-hybridized carbons (Fsp3) is 0.308. The predicted molar refractivity (Wildman–Crippen MR) is 123 cm³/mol. The molecular formula is C26H30N2O2. The molecule has 4 rings (SSSR count). The van der Waals surface area contributed by atoms with E-state index in [9.17, 15) is 0 Å². The van der Waals surface area contributed by atoms with E-state index in [4.69, 9.17) is 9.47 Å². The van der Waals surface area contributed by atoms with Crippen LogP contribution in [0.2, 0.25) is 0 Å². The van der Waals surface area contributed by atoms with Crippen molar-refractivity contribution in [3.8, 4) is 11.5 Å². The van der Waals surface area contributed by atoms with Crippen molar-refractivity contribution in [1.82, 2.24) is 4.90 Å². The molecule has 0 N–H and O–H groups in total. The number of anilines is 1. The summed E-state index contributed by atoms with van der Waals surface area (Å²) < 4.78 is 10.9. The van der Waals surface area contributed by atoms with Crippen molar-refractivity contribution in [2.45, 2.75) is 12.5 Å². The summed E-state index contributed by atoms with van der Waals surface area (Å²) in [6.45, 7) is 4.03. The first-order chi connectivity index (χ1) is 14.8. The SMILES string of the molecule is COc1ccc(CC(c2ccccc2)N2CCN(c3ccccc3OC)CC2)cc1. The minimum atomic E-state index is 0.361. The zero-order chi connectivity index (χ0) is 20.8. The number of hydrogen-bond acceptors (Lipinski definition) is 4. The van der Waals surface area contributed by atoms with Crippen LogP contribution in [0.3, 0.4) is 0 Å². The normalized spacial score (nSPS) is 15.6. The van der Waals surface area contributed by atoms with Crippen molar-refractivity contribution in [3.05, 3.63) is 90.0 Å².